The van der Waals surface area contributed by atoms with Gasteiger partial charge in [-0.1, -0.05) is 35.9 Å². The summed E-state index contributed by atoms with van der Waals surface area (Å²) >= 11 is 0. The lowest BCUT2D eigenvalue weighted by Crippen LogP contribution is -2.17. The lowest BCUT2D eigenvalue weighted by Gasteiger charge is -2.20. The van der Waals surface area contributed by atoms with Gasteiger partial charge in [0.05, 0.1) is 6.04 Å². The number of rotatable bonds is 1. The molecule has 0 aromatic heterocycles. The second-order valence-electron chi connectivity index (χ2n) is 4.25. The van der Waals surface area contributed by atoms with E-state index in [0.29, 0.717) is 6.04 Å². The number of hydrogen-bond acceptors (Lipinski definition) is 1. The van der Waals surface area contributed by atoms with Crippen LogP contribution in [0, 0.1) is 13.8 Å². The first-order valence-electron chi connectivity index (χ1n) is 5.35. The maximum Gasteiger partial charge on any atom is 0.0698 e. The molecule has 15 heavy (non-hydrogen) atoms. The molecule has 1 heteroatoms. The van der Waals surface area contributed by atoms with Gasteiger partial charge >= 0.3 is 0 Å². The number of hydrogen-bond donors (Lipinski definition) is 1. The first-order valence-corrected chi connectivity index (χ1v) is 5.35. The molecule has 78 valence electrons. The van der Waals surface area contributed by atoms with Crippen molar-refractivity contribution in [2.24, 2.45) is 0 Å². The molecular weight excluding hydrogens is 182 g/mol. The topological polar surface area (TPSA) is 12.0 Å². The van der Waals surface area contributed by atoms with E-state index < -0.39 is 0 Å². The Labute approximate surface area is 91.5 Å². The predicted octanol–water partition coefficient (Wildman–Crippen LogP) is 3.41. The third-order valence-electron chi connectivity index (χ3n) is 2.80. The van der Waals surface area contributed by atoms with Crippen molar-refractivity contribution in [1.82, 2.24) is 5.32 Å². The summed E-state index contributed by atoms with van der Waals surface area (Å²) in [5, 5.41) is 3.40. The van der Waals surface area contributed by atoms with E-state index in [-0.39, 0.29) is 0 Å². The number of dihydropyridines is 1. The predicted molar refractivity (Wildman–Crippen MR) is 64.7 cm³/mol. The van der Waals surface area contributed by atoms with Crippen LogP contribution in [0.3, 0.4) is 0 Å². The van der Waals surface area contributed by atoms with Gasteiger partial charge in [-0.3, -0.25) is 0 Å². The molecule has 0 amide bonds. The molecule has 1 aromatic rings. The third-order valence-corrected chi connectivity index (χ3v) is 2.80. The van der Waals surface area contributed by atoms with Gasteiger partial charge in [-0.15, -0.1) is 0 Å². The van der Waals surface area contributed by atoms with E-state index in [4.69, 9.17) is 0 Å². The lowest BCUT2D eigenvalue weighted by atomic mass is 9.97. The molecule has 0 spiro atoms. The Morgan fingerprint density at radius 3 is 2.53 bits per heavy atom. The van der Waals surface area contributed by atoms with Gasteiger partial charge in [0, 0.05) is 6.20 Å². The molecule has 0 fully saturated rings. The standard InChI is InChI=1S/C14H17N/c1-10-4-6-13(12(3)8-10)14-7-5-11(2)9-15-14/h4-9,14-15H,1-3H3. The van der Waals surface area contributed by atoms with E-state index in [1.54, 1.807) is 0 Å². The summed E-state index contributed by atoms with van der Waals surface area (Å²) in [5.74, 6) is 0. The zero-order valence-electron chi connectivity index (χ0n) is 9.54. The van der Waals surface area contributed by atoms with E-state index >= 15 is 0 Å². The number of nitrogens with one attached hydrogen (secondary N) is 1. The van der Waals surface area contributed by atoms with Crippen LogP contribution in [0.2, 0.25) is 0 Å². The van der Waals surface area contributed by atoms with E-state index in [1.165, 1.54) is 22.3 Å². The molecule has 1 heterocycles. The normalized spacial score (nSPS) is 19.7. The van der Waals surface area contributed by atoms with Crippen LogP contribution in [0.4, 0.5) is 0 Å². The Hall–Kier alpha value is -1.50. The van der Waals surface area contributed by atoms with Crippen LogP contribution in [0.5, 0.6) is 0 Å². The Bertz CT molecular complexity index is 427. The summed E-state index contributed by atoms with van der Waals surface area (Å²) in [6, 6.07) is 6.94. The van der Waals surface area contributed by atoms with Gasteiger partial charge in [-0.25, -0.2) is 0 Å². The molecule has 2 rings (SSSR count). The van der Waals surface area contributed by atoms with Crippen molar-refractivity contribution in [2.45, 2.75) is 26.8 Å². The zero-order valence-corrected chi connectivity index (χ0v) is 9.54. The smallest absolute Gasteiger partial charge is 0.0698 e. The minimum absolute atomic E-state index is 0.328. The number of aryl methyl sites for hydroxylation is 2. The molecule has 0 radical (unpaired) electrons. The monoisotopic (exact) mass is 199 g/mol. The van der Waals surface area contributed by atoms with Crippen LogP contribution >= 0.6 is 0 Å². The van der Waals surface area contributed by atoms with E-state index in [2.05, 4.69) is 62.6 Å². The Morgan fingerprint density at radius 1 is 1.13 bits per heavy atom. The van der Waals surface area contributed by atoms with Gasteiger partial charge in [0.2, 0.25) is 0 Å². The van der Waals surface area contributed by atoms with Crippen LogP contribution in [-0.2, 0) is 0 Å². The lowest BCUT2D eigenvalue weighted by molar-refractivity contribution is 0.734. The average Bonchev–Trinajstić information content (AvgIpc) is 2.20. The van der Waals surface area contributed by atoms with Crippen LogP contribution < -0.4 is 5.32 Å². The van der Waals surface area contributed by atoms with E-state index in [0.717, 1.165) is 0 Å². The summed E-state index contributed by atoms with van der Waals surface area (Å²) in [7, 11) is 0. The van der Waals surface area contributed by atoms with Crippen LogP contribution in [0.25, 0.3) is 0 Å². The maximum absolute atomic E-state index is 3.40. The fourth-order valence-corrected chi connectivity index (χ4v) is 1.94. The summed E-state index contributed by atoms with van der Waals surface area (Å²) in [6.45, 7) is 6.40. The molecular formula is C14H17N. The Balaban J connectivity index is 2.28. The summed E-state index contributed by atoms with van der Waals surface area (Å²) in [4.78, 5) is 0. The molecule has 0 bridgehead atoms. The van der Waals surface area contributed by atoms with Crippen molar-refractivity contribution < 1.29 is 0 Å². The second kappa shape index (κ2) is 3.93. The van der Waals surface area contributed by atoms with Crippen molar-refractivity contribution >= 4 is 0 Å². The highest BCUT2D eigenvalue weighted by Crippen LogP contribution is 2.22. The molecule has 1 unspecified atom stereocenters. The van der Waals surface area contributed by atoms with Crippen molar-refractivity contribution in [2.75, 3.05) is 0 Å². The molecule has 0 saturated carbocycles. The van der Waals surface area contributed by atoms with Crippen molar-refractivity contribution in [3.05, 3.63) is 58.8 Å². The van der Waals surface area contributed by atoms with Crippen LogP contribution in [0.15, 0.2) is 42.1 Å². The minimum atomic E-state index is 0.328. The molecule has 1 atom stereocenters. The number of allylic oxidation sites excluding steroid dienone is 2. The van der Waals surface area contributed by atoms with Gasteiger partial charge in [0.25, 0.3) is 0 Å². The SMILES string of the molecule is CC1=CNC(c2ccc(C)cc2C)C=C1. The molecule has 0 aliphatic carbocycles. The van der Waals surface area contributed by atoms with Crippen LogP contribution in [0.1, 0.15) is 29.7 Å². The Morgan fingerprint density at radius 2 is 1.93 bits per heavy atom. The summed E-state index contributed by atoms with van der Waals surface area (Å²) in [6.07, 6.45) is 6.46. The number of benzene rings is 1. The highest BCUT2D eigenvalue weighted by atomic mass is 14.9. The highest BCUT2D eigenvalue weighted by Gasteiger charge is 2.10. The summed E-state index contributed by atoms with van der Waals surface area (Å²) < 4.78 is 0. The average molecular weight is 199 g/mol. The van der Waals surface area contributed by atoms with Gasteiger partial charge in [0.1, 0.15) is 0 Å². The third kappa shape index (κ3) is 2.12. The largest absolute Gasteiger partial charge is 0.380 e. The fraction of sp³-hybridized carbons (Fsp3) is 0.286. The van der Waals surface area contributed by atoms with Gasteiger partial charge in [0.15, 0.2) is 0 Å². The molecule has 0 saturated heterocycles. The molecule has 1 aromatic carbocycles. The van der Waals surface area contributed by atoms with Crippen molar-refractivity contribution in [1.29, 1.82) is 0 Å². The molecule has 1 nitrogen and oxygen atoms in total. The minimum Gasteiger partial charge on any atom is -0.380 e. The van der Waals surface area contributed by atoms with E-state index in [9.17, 15) is 0 Å². The Kier molecular flexibility index (Phi) is 2.63. The van der Waals surface area contributed by atoms with E-state index in [1.807, 2.05) is 0 Å². The van der Waals surface area contributed by atoms with Crippen LogP contribution in [-0.4, -0.2) is 0 Å². The van der Waals surface area contributed by atoms with Gasteiger partial charge in [-0.05, 0) is 37.5 Å². The zero-order chi connectivity index (χ0) is 10.8. The molecule has 1 aliphatic heterocycles. The molecule has 1 aliphatic rings. The second-order valence-corrected chi connectivity index (χ2v) is 4.25. The highest BCUT2D eigenvalue weighted by molar-refractivity contribution is 5.37. The maximum atomic E-state index is 3.40. The van der Waals surface area contributed by atoms with Crippen molar-refractivity contribution in [3.63, 3.8) is 0 Å². The fourth-order valence-electron chi connectivity index (χ4n) is 1.94. The van der Waals surface area contributed by atoms with Gasteiger partial charge in [-0.2, -0.15) is 0 Å². The molecule has 1 N–H and O–H groups in total. The van der Waals surface area contributed by atoms with Gasteiger partial charge < -0.3 is 5.32 Å². The first kappa shape index (κ1) is 10.0. The van der Waals surface area contributed by atoms with Crippen molar-refractivity contribution in [3.8, 4) is 0 Å². The quantitative estimate of drug-likeness (QED) is 0.731. The summed E-state index contributed by atoms with van der Waals surface area (Å²) in [5.41, 5.74) is 5.31. The first-order chi connectivity index (χ1) is 7.16.